The molecule has 0 radical (unpaired) electrons. The molecule has 6 heteroatoms. The molecule has 0 saturated heterocycles. The monoisotopic (exact) mass is 230 g/mol. The van der Waals surface area contributed by atoms with Gasteiger partial charge >= 0.3 is 17.9 Å². The van der Waals surface area contributed by atoms with Crippen LogP contribution >= 0.6 is 0 Å². The lowest BCUT2D eigenvalue weighted by molar-refractivity contribution is -0.164. The van der Waals surface area contributed by atoms with Crippen molar-refractivity contribution in [3.63, 3.8) is 0 Å². The Hall–Kier alpha value is -1.59. The van der Waals surface area contributed by atoms with Crippen LogP contribution in [0.25, 0.3) is 0 Å². The first-order valence-corrected chi connectivity index (χ1v) is 4.97. The average Bonchev–Trinajstić information content (AvgIpc) is 2.16. The summed E-state index contributed by atoms with van der Waals surface area (Å²) in [6.07, 6.45) is 0.160. The Morgan fingerprint density at radius 1 is 1.06 bits per heavy atom. The molecule has 3 unspecified atom stereocenters. The van der Waals surface area contributed by atoms with E-state index in [1.807, 2.05) is 0 Å². The molecule has 16 heavy (non-hydrogen) atoms. The fourth-order valence-electron chi connectivity index (χ4n) is 2.15. The Morgan fingerprint density at radius 3 is 1.94 bits per heavy atom. The first-order chi connectivity index (χ1) is 7.28. The highest BCUT2D eigenvalue weighted by Crippen LogP contribution is 2.42. The fourth-order valence-corrected chi connectivity index (χ4v) is 2.15. The number of carbonyl (C=O) groups is 3. The first kappa shape index (κ1) is 12.5. The van der Waals surface area contributed by atoms with Crippen molar-refractivity contribution in [1.82, 2.24) is 0 Å². The van der Waals surface area contributed by atoms with Gasteiger partial charge in [-0.25, -0.2) is 0 Å². The van der Waals surface area contributed by atoms with Crippen molar-refractivity contribution in [3.05, 3.63) is 0 Å². The minimum absolute atomic E-state index is 0.0924. The number of rotatable bonds is 3. The first-order valence-electron chi connectivity index (χ1n) is 4.97. The van der Waals surface area contributed by atoms with Crippen LogP contribution in [0.1, 0.15) is 26.2 Å². The van der Waals surface area contributed by atoms with Crippen molar-refractivity contribution in [1.29, 1.82) is 0 Å². The Balaban J connectivity index is 2.93. The van der Waals surface area contributed by atoms with Gasteiger partial charge in [-0.2, -0.15) is 0 Å². The standard InChI is InChI=1S/C10H14O6/c1-10(9(15)16)3-2-5(7(11)12)6(4-10)8(13)14/h5-6H,2-4H2,1H3,(H,11,12)(H,13,14)(H,15,16). The summed E-state index contributed by atoms with van der Waals surface area (Å²) in [4.78, 5) is 32.7. The van der Waals surface area contributed by atoms with Gasteiger partial charge in [0.1, 0.15) is 0 Å². The van der Waals surface area contributed by atoms with Crippen LogP contribution in [0.4, 0.5) is 0 Å². The quantitative estimate of drug-likeness (QED) is 0.656. The highest BCUT2D eigenvalue weighted by molar-refractivity contribution is 5.82. The van der Waals surface area contributed by atoms with E-state index in [1.54, 1.807) is 0 Å². The number of hydrogen-bond acceptors (Lipinski definition) is 3. The van der Waals surface area contributed by atoms with Gasteiger partial charge in [0.2, 0.25) is 0 Å². The number of carboxylic acid groups (broad SMARTS) is 3. The molecule has 90 valence electrons. The normalized spacial score (nSPS) is 34.3. The molecule has 0 aromatic rings. The Bertz CT molecular complexity index is 336. The van der Waals surface area contributed by atoms with E-state index in [-0.39, 0.29) is 19.3 Å². The molecule has 6 nitrogen and oxygen atoms in total. The van der Waals surface area contributed by atoms with Gasteiger partial charge in [0.25, 0.3) is 0 Å². The SMILES string of the molecule is CC1(C(=O)O)CCC(C(=O)O)C(C(=O)O)C1. The number of hydrogen-bond donors (Lipinski definition) is 3. The van der Waals surface area contributed by atoms with Crippen molar-refractivity contribution in [2.75, 3.05) is 0 Å². The van der Waals surface area contributed by atoms with Crippen LogP contribution in [0.5, 0.6) is 0 Å². The molecule has 0 amide bonds. The van der Waals surface area contributed by atoms with E-state index in [2.05, 4.69) is 0 Å². The van der Waals surface area contributed by atoms with Crippen LogP contribution in [0.2, 0.25) is 0 Å². The molecule has 3 N–H and O–H groups in total. The van der Waals surface area contributed by atoms with Gasteiger partial charge in [0, 0.05) is 0 Å². The second-order valence-electron chi connectivity index (χ2n) is 4.50. The molecule has 1 fully saturated rings. The van der Waals surface area contributed by atoms with E-state index in [0.29, 0.717) is 0 Å². The van der Waals surface area contributed by atoms with Gasteiger partial charge in [0.15, 0.2) is 0 Å². The van der Waals surface area contributed by atoms with Crippen molar-refractivity contribution < 1.29 is 29.7 Å². The second-order valence-corrected chi connectivity index (χ2v) is 4.50. The van der Waals surface area contributed by atoms with Crippen LogP contribution < -0.4 is 0 Å². The van der Waals surface area contributed by atoms with Crippen LogP contribution in [0.15, 0.2) is 0 Å². The van der Waals surface area contributed by atoms with Crippen molar-refractivity contribution in [2.45, 2.75) is 26.2 Å². The van der Waals surface area contributed by atoms with E-state index >= 15 is 0 Å². The molecule has 1 rings (SSSR count). The van der Waals surface area contributed by atoms with Gasteiger partial charge < -0.3 is 15.3 Å². The zero-order chi connectivity index (χ0) is 12.5. The van der Waals surface area contributed by atoms with Crippen molar-refractivity contribution >= 4 is 17.9 Å². The van der Waals surface area contributed by atoms with Gasteiger partial charge in [-0.3, -0.25) is 14.4 Å². The van der Waals surface area contributed by atoms with E-state index in [0.717, 1.165) is 0 Å². The Labute approximate surface area is 91.9 Å². The lowest BCUT2D eigenvalue weighted by Gasteiger charge is -2.36. The van der Waals surface area contributed by atoms with Crippen LogP contribution in [0, 0.1) is 17.3 Å². The van der Waals surface area contributed by atoms with E-state index in [9.17, 15) is 14.4 Å². The maximum absolute atomic E-state index is 11.0. The molecule has 1 aliphatic carbocycles. The molecule has 0 bridgehead atoms. The summed E-state index contributed by atoms with van der Waals surface area (Å²) < 4.78 is 0. The van der Waals surface area contributed by atoms with Gasteiger partial charge in [-0.1, -0.05) is 0 Å². The van der Waals surface area contributed by atoms with Crippen LogP contribution in [0.3, 0.4) is 0 Å². The molecular formula is C10H14O6. The molecule has 1 saturated carbocycles. The van der Waals surface area contributed by atoms with Crippen molar-refractivity contribution in [2.24, 2.45) is 17.3 Å². The predicted octanol–water partition coefficient (Wildman–Crippen LogP) is 0.663. The van der Waals surface area contributed by atoms with E-state index in [1.165, 1.54) is 6.92 Å². The number of aliphatic carboxylic acids is 3. The third-order valence-corrected chi connectivity index (χ3v) is 3.31. The van der Waals surface area contributed by atoms with Crippen molar-refractivity contribution in [3.8, 4) is 0 Å². The maximum Gasteiger partial charge on any atom is 0.309 e. The fraction of sp³-hybridized carbons (Fsp3) is 0.700. The Kier molecular flexibility index (Phi) is 3.21. The molecular weight excluding hydrogens is 216 g/mol. The molecule has 0 aliphatic heterocycles. The topological polar surface area (TPSA) is 112 Å². The summed E-state index contributed by atoms with van der Waals surface area (Å²) in [7, 11) is 0. The summed E-state index contributed by atoms with van der Waals surface area (Å²) >= 11 is 0. The van der Waals surface area contributed by atoms with Crippen LogP contribution in [-0.2, 0) is 14.4 Å². The summed E-state index contributed by atoms with van der Waals surface area (Å²) in [5, 5.41) is 26.8. The van der Waals surface area contributed by atoms with Crippen LogP contribution in [-0.4, -0.2) is 33.2 Å². The molecule has 0 heterocycles. The number of carboxylic acids is 3. The predicted molar refractivity (Wildman–Crippen MR) is 51.8 cm³/mol. The van der Waals surface area contributed by atoms with E-state index < -0.39 is 35.2 Å². The largest absolute Gasteiger partial charge is 0.481 e. The molecule has 1 aliphatic rings. The molecule has 0 spiro atoms. The third-order valence-electron chi connectivity index (χ3n) is 3.31. The van der Waals surface area contributed by atoms with Gasteiger partial charge in [0.05, 0.1) is 17.3 Å². The summed E-state index contributed by atoms with van der Waals surface area (Å²) in [5.74, 6) is -5.57. The van der Waals surface area contributed by atoms with E-state index in [4.69, 9.17) is 15.3 Å². The minimum Gasteiger partial charge on any atom is -0.481 e. The second kappa shape index (κ2) is 4.11. The highest BCUT2D eigenvalue weighted by atomic mass is 16.4. The summed E-state index contributed by atoms with van der Waals surface area (Å²) in [6.45, 7) is 1.46. The highest BCUT2D eigenvalue weighted by Gasteiger charge is 2.47. The zero-order valence-corrected chi connectivity index (χ0v) is 8.84. The lowest BCUT2D eigenvalue weighted by Crippen LogP contribution is -2.43. The smallest absolute Gasteiger partial charge is 0.309 e. The molecule has 3 atom stereocenters. The maximum atomic E-state index is 11.0. The molecule has 0 aromatic carbocycles. The Morgan fingerprint density at radius 2 is 1.56 bits per heavy atom. The minimum atomic E-state index is -1.24. The van der Waals surface area contributed by atoms with Gasteiger partial charge in [-0.05, 0) is 26.2 Å². The zero-order valence-electron chi connectivity index (χ0n) is 8.84. The summed E-state index contributed by atoms with van der Waals surface area (Å²) in [5.41, 5.74) is -1.13. The van der Waals surface area contributed by atoms with Gasteiger partial charge in [-0.15, -0.1) is 0 Å². The lowest BCUT2D eigenvalue weighted by atomic mass is 9.66. The average molecular weight is 230 g/mol. The third kappa shape index (κ3) is 2.15. The molecule has 0 aromatic heterocycles. The summed E-state index contributed by atoms with van der Waals surface area (Å²) in [6, 6.07) is 0.